The lowest BCUT2D eigenvalue weighted by Crippen LogP contribution is -2.37. The molecule has 0 radical (unpaired) electrons. The average molecular weight is 383 g/mol. The molecule has 138 valence electrons. The zero-order chi connectivity index (χ0) is 18.4. The van der Waals surface area contributed by atoms with Gasteiger partial charge in [0.1, 0.15) is 0 Å². The van der Waals surface area contributed by atoms with Crippen molar-refractivity contribution in [3.05, 3.63) is 33.3 Å². The number of aromatic nitrogens is 1. The second kappa shape index (κ2) is 6.44. The lowest BCUT2D eigenvalue weighted by Gasteiger charge is -2.30. The average Bonchev–Trinajstić information content (AvgIpc) is 3.43. The maximum atomic E-state index is 15.5. The van der Waals surface area contributed by atoms with Gasteiger partial charge in [0.05, 0.1) is 41.0 Å². The van der Waals surface area contributed by atoms with Gasteiger partial charge in [-0.3, -0.25) is 4.79 Å². The van der Waals surface area contributed by atoms with Crippen molar-refractivity contribution in [2.24, 2.45) is 0 Å². The number of hydrogen-bond donors (Lipinski definition) is 1. The van der Waals surface area contributed by atoms with Crippen molar-refractivity contribution in [1.82, 2.24) is 4.57 Å². The fraction of sp³-hybridized carbons (Fsp3) is 0.412. The summed E-state index contributed by atoms with van der Waals surface area (Å²) in [4.78, 5) is 25.2. The minimum Gasteiger partial charge on any atom is -0.449 e. The van der Waals surface area contributed by atoms with Gasteiger partial charge in [0, 0.05) is 19.1 Å². The van der Waals surface area contributed by atoms with Crippen LogP contribution >= 0.6 is 11.6 Å². The Labute approximate surface area is 152 Å². The van der Waals surface area contributed by atoms with Crippen LogP contribution in [0.3, 0.4) is 0 Å². The molecule has 1 aliphatic carbocycles. The lowest BCUT2D eigenvalue weighted by atomic mass is 10.1. The van der Waals surface area contributed by atoms with E-state index < -0.39 is 17.4 Å². The highest BCUT2D eigenvalue weighted by Gasteiger charge is 2.30. The molecule has 1 aromatic heterocycles. The van der Waals surface area contributed by atoms with Crippen LogP contribution in [0.5, 0.6) is 5.75 Å². The highest BCUT2D eigenvalue weighted by Crippen LogP contribution is 2.41. The molecule has 1 saturated heterocycles. The number of rotatable bonds is 3. The van der Waals surface area contributed by atoms with Gasteiger partial charge in [-0.2, -0.15) is 0 Å². The molecule has 2 heterocycles. The molecule has 1 N–H and O–H groups in total. The Morgan fingerprint density at radius 3 is 2.65 bits per heavy atom. The summed E-state index contributed by atoms with van der Waals surface area (Å²) in [5.41, 5.74) is -0.335. The van der Waals surface area contributed by atoms with E-state index in [1.807, 2.05) is 0 Å². The Morgan fingerprint density at radius 1 is 1.35 bits per heavy atom. The van der Waals surface area contributed by atoms with Gasteiger partial charge in [-0.15, -0.1) is 0 Å². The molecular formula is C17H16ClFN2O5. The largest absolute Gasteiger partial charge is 0.511 e. The first-order valence-corrected chi connectivity index (χ1v) is 8.65. The molecule has 2 fully saturated rings. The Bertz CT molecular complexity index is 951. The quantitative estimate of drug-likeness (QED) is 0.822. The molecular weight excluding hydrogens is 367 g/mol. The summed E-state index contributed by atoms with van der Waals surface area (Å²) in [7, 11) is 0. The monoisotopic (exact) mass is 382 g/mol. The summed E-state index contributed by atoms with van der Waals surface area (Å²) in [5, 5.41) is 8.95. The van der Waals surface area contributed by atoms with E-state index in [9.17, 15) is 9.59 Å². The zero-order valence-electron chi connectivity index (χ0n) is 13.7. The number of anilines is 1. The number of ether oxygens (including phenoxy) is 2. The molecule has 0 amide bonds. The number of halogens is 2. The molecule has 9 heteroatoms. The summed E-state index contributed by atoms with van der Waals surface area (Å²) in [6, 6.07) is 1.39. The highest BCUT2D eigenvalue weighted by atomic mass is 35.5. The van der Waals surface area contributed by atoms with Crippen molar-refractivity contribution in [3.63, 3.8) is 0 Å². The predicted octanol–water partition coefficient (Wildman–Crippen LogP) is 3.02. The maximum Gasteiger partial charge on any atom is 0.511 e. The second-order valence-corrected chi connectivity index (χ2v) is 6.75. The predicted molar refractivity (Wildman–Crippen MR) is 93.1 cm³/mol. The van der Waals surface area contributed by atoms with E-state index in [4.69, 9.17) is 21.4 Å². The zero-order valence-corrected chi connectivity index (χ0v) is 14.5. The van der Waals surface area contributed by atoms with E-state index in [0.29, 0.717) is 26.3 Å². The summed E-state index contributed by atoms with van der Waals surface area (Å²) in [5.74, 6) is -0.938. The molecule has 2 aromatic rings. The number of nitrogens with zero attached hydrogens (tertiary/aromatic N) is 2. The van der Waals surface area contributed by atoms with Gasteiger partial charge < -0.3 is 24.0 Å². The standard InChI is InChI=1S/C17H16ClFN2O5/c18-11-7-10-14(13(19)15(11)20-3-5-25-6-4-20)21(9-1-2-9)8-12(16(10)22)26-17(23)24/h7-9H,1-6H2,(H,23,24). The topological polar surface area (TPSA) is 81.0 Å². The molecule has 0 bridgehead atoms. The first-order chi connectivity index (χ1) is 12.5. The Kier molecular flexibility index (Phi) is 4.24. The summed E-state index contributed by atoms with van der Waals surface area (Å²) in [6.45, 7) is 1.93. The van der Waals surface area contributed by atoms with Crippen LogP contribution in [0.15, 0.2) is 17.1 Å². The third kappa shape index (κ3) is 2.89. The Morgan fingerprint density at radius 2 is 2.04 bits per heavy atom. The number of fused-ring (bicyclic) bond motifs is 1. The SMILES string of the molecule is O=C(O)Oc1cn(C2CC2)c2c(F)c(N3CCOCC3)c(Cl)cc2c1=O. The minimum atomic E-state index is -1.60. The molecule has 1 saturated carbocycles. The van der Waals surface area contributed by atoms with Gasteiger partial charge in [0.15, 0.2) is 11.6 Å². The molecule has 1 aliphatic heterocycles. The van der Waals surface area contributed by atoms with Crippen LogP contribution in [0.2, 0.25) is 5.02 Å². The molecule has 1 aromatic carbocycles. The van der Waals surface area contributed by atoms with Crippen LogP contribution in [0.4, 0.5) is 14.9 Å². The maximum absolute atomic E-state index is 15.5. The van der Waals surface area contributed by atoms with E-state index in [1.165, 1.54) is 12.3 Å². The molecule has 26 heavy (non-hydrogen) atoms. The fourth-order valence-electron chi connectivity index (χ4n) is 3.29. The normalized spacial score (nSPS) is 17.5. The number of pyridine rings is 1. The van der Waals surface area contributed by atoms with Gasteiger partial charge >= 0.3 is 6.16 Å². The summed E-state index contributed by atoms with van der Waals surface area (Å²) in [6.07, 6.45) is 1.32. The van der Waals surface area contributed by atoms with Crippen molar-refractivity contribution in [2.45, 2.75) is 18.9 Å². The van der Waals surface area contributed by atoms with E-state index in [2.05, 4.69) is 4.74 Å². The number of carboxylic acid groups (broad SMARTS) is 1. The van der Waals surface area contributed by atoms with Gasteiger partial charge in [-0.25, -0.2) is 9.18 Å². The third-order valence-corrected chi connectivity index (χ3v) is 4.90. The van der Waals surface area contributed by atoms with Gasteiger partial charge in [0.2, 0.25) is 5.43 Å². The van der Waals surface area contributed by atoms with Crippen molar-refractivity contribution >= 4 is 34.3 Å². The van der Waals surface area contributed by atoms with Gasteiger partial charge in [-0.1, -0.05) is 11.6 Å². The van der Waals surface area contributed by atoms with Crippen molar-refractivity contribution in [3.8, 4) is 5.75 Å². The van der Waals surface area contributed by atoms with Crippen molar-refractivity contribution in [1.29, 1.82) is 0 Å². The molecule has 0 atom stereocenters. The number of hydrogen-bond acceptors (Lipinski definition) is 5. The highest BCUT2D eigenvalue weighted by molar-refractivity contribution is 6.34. The molecule has 2 aliphatic rings. The van der Waals surface area contributed by atoms with Crippen LogP contribution in [0.25, 0.3) is 10.9 Å². The number of morpholine rings is 1. The van der Waals surface area contributed by atoms with Gasteiger partial charge in [0.25, 0.3) is 0 Å². The molecule has 0 spiro atoms. The smallest absolute Gasteiger partial charge is 0.449 e. The molecule has 4 rings (SSSR count). The van der Waals surface area contributed by atoms with Crippen LogP contribution in [0.1, 0.15) is 18.9 Å². The van der Waals surface area contributed by atoms with E-state index in [-0.39, 0.29) is 33.4 Å². The minimum absolute atomic E-state index is 0.00228. The first-order valence-electron chi connectivity index (χ1n) is 8.27. The van der Waals surface area contributed by atoms with Gasteiger partial charge in [-0.05, 0) is 18.9 Å². The van der Waals surface area contributed by atoms with Crippen molar-refractivity contribution < 1.29 is 23.8 Å². The van der Waals surface area contributed by atoms with E-state index in [1.54, 1.807) is 9.47 Å². The number of benzene rings is 1. The number of carbonyl (C=O) groups is 1. The fourth-order valence-corrected chi connectivity index (χ4v) is 3.60. The molecule has 7 nitrogen and oxygen atoms in total. The summed E-state index contributed by atoms with van der Waals surface area (Å²) >= 11 is 6.29. The first kappa shape index (κ1) is 17.1. The second-order valence-electron chi connectivity index (χ2n) is 6.35. The Balaban J connectivity index is 1.97. The van der Waals surface area contributed by atoms with Crippen LogP contribution in [-0.4, -0.2) is 42.1 Å². The van der Waals surface area contributed by atoms with Crippen LogP contribution < -0.4 is 15.1 Å². The third-order valence-electron chi connectivity index (χ3n) is 4.62. The summed E-state index contributed by atoms with van der Waals surface area (Å²) < 4.78 is 26.9. The Hall–Kier alpha value is -2.32. The van der Waals surface area contributed by atoms with Crippen LogP contribution in [-0.2, 0) is 4.74 Å². The van der Waals surface area contributed by atoms with E-state index in [0.717, 1.165) is 12.8 Å². The van der Waals surface area contributed by atoms with Crippen molar-refractivity contribution in [2.75, 3.05) is 31.2 Å². The van der Waals surface area contributed by atoms with Crippen LogP contribution in [0, 0.1) is 5.82 Å². The molecule has 0 unspecified atom stereocenters. The van der Waals surface area contributed by atoms with E-state index >= 15 is 4.39 Å². The lowest BCUT2D eigenvalue weighted by molar-refractivity contribution is 0.122.